The fourth-order valence-corrected chi connectivity index (χ4v) is 3.12. The van der Waals surface area contributed by atoms with E-state index < -0.39 is 0 Å². The third-order valence-corrected chi connectivity index (χ3v) is 4.30. The van der Waals surface area contributed by atoms with Crippen molar-refractivity contribution in [2.24, 2.45) is 5.92 Å². The van der Waals surface area contributed by atoms with Gasteiger partial charge in [-0.1, -0.05) is 12.1 Å². The Bertz CT molecular complexity index is 486. The monoisotopic (exact) mass is 258 g/mol. The first-order chi connectivity index (χ1) is 9.20. The first kappa shape index (κ1) is 12.4. The molecule has 1 unspecified atom stereocenters. The molecule has 0 bridgehead atoms. The maximum absolute atomic E-state index is 12.4. The van der Waals surface area contributed by atoms with Crippen molar-refractivity contribution in [3.05, 3.63) is 35.4 Å². The van der Waals surface area contributed by atoms with Crippen molar-refractivity contribution in [1.82, 2.24) is 10.2 Å². The van der Waals surface area contributed by atoms with Crippen molar-refractivity contribution in [2.45, 2.75) is 25.8 Å². The molecule has 2 heterocycles. The van der Waals surface area contributed by atoms with Gasteiger partial charge in [-0.3, -0.25) is 14.5 Å². The lowest BCUT2D eigenvalue weighted by atomic mass is 9.90. The summed E-state index contributed by atoms with van der Waals surface area (Å²) >= 11 is 0. The van der Waals surface area contributed by atoms with Gasteiger partial charge in [0.1, 0.15) is 0 Å². The summed E-state index contributed by atoms with van der Waals surface area (Å²) < 4.78 is 0. The van der Waals surface area contributed by atoms with Crippen LogP contribution in [0, 0.1) is 5.92 Å². The molecule has 1 aromatic rings. The van der Waals surface area contributed by atoms with Crippen molar-refractivity contribution in [3.8, 4) is 0 Å². The molecule has 1 aromatic carbocycles. The number of hydrogen-bond acceptors (Lipinski definition) is 3. The van der Waals surface area contributed by atoms with Crippen LogP contribution in [0.5, 0.6) is 0 Å². The van der Waals surface area contributed by atoms with Gasteiger partial charge in [-0.2, -0.15) is 0 Å². The van der Waals surface area contributed by atoms with Crippen molar-refractivity contribution >= 4 is 11.8 Å². The molecule has 0 aliphatic carbocycles. The minimum absolute atomic E-state index is 0.0190. The lowest BCUT2D eigenvalue weighted by Crippen LogP contribution is -2.45. The van der Waals surface area contributed by atoms with Crippen molar-refractivity contribution in [2.75, 3.05) is 13.1 Å². The minimum atomic E-state index is -0.133. The highest BCUT2D eigenvalue weighted by Crippen LogP contribution is 2.29. The summed E-state index contributed by atoms with van der Waals surface area (Å²) in [5.41, 5.74) is 1.10. The van der Waals surface area contributed by atoms with Gasteiger partial charge in [0, 0.05) is 6.04 Å². The molecule has 2 aliphatic rings. The van der Waals surface area contributed by atoms with Crippen LogP contribution in [0.15, 0.2) is 24.3 Å². The highest BCUT2D eigenvalue weighted by atomic mass is 16.2. The van der Waals surface area contributed by atoms with E-state index in [1.807, 2.05) is 19.1 Å². The Labute approximate surface area is 112 Å². The third-order valence-electron chi connectivity index (χ3n) is 4.30. The zero-order valence-electron chi connectivity index (χ0n) is 11.1. The lowest BCUT2D eigenvalue weighted by Gasteiger charge is -2.33. The molecule has 1 saturated heterocycles. The normalized spacial score (nSPS) is 21.6. The standard InChI is InChI=1S/C15H18N2O2/c1-10(11-6-8-16-9-7-11)17-14(18)12-4-2-3-5-13(12)15(17)19/h2-5,10-11,16H,6-9H2,1H3. The molecule has 1 atom stereocenters. The predicted octanol–water partition coefficient (Wildman–Crippen LogP) is 1.67. The Kier molecular flexibility index (Phi) is 3.11. The molecule has 2 aliphatic heterocycles. The molecule has 1 fully saturated rings. The fraction of sp³-hybridized carbons (Fsp3) is 0.467. The summed E-state index contributed by atoms with van der Waals surface area (Å²) in [5.74, 6) is 0.140. The smallest absolute Gasteiger partial charge is 0.261 e. The number of nitrogens with one attached hydrogen (secondary N) is 1. The van der Waals surface area contributed by atoms with Gasteiger partial charge in [0.2, 0.25) is 0 Å². The first-order valence-corrected chi connectivity index (χ1v) is 6.88. The van der Waals surface area contributed by atoms with E-state index in [1.54, 1.807) is 12.1 Å². The summed E-state index contributed by atoms with van der Waals surface area (Å²) in [6.45, 7) is 3.94. The van der Waals surface area contributed by atoms with Gasteiger partial charge in [0.15, 0.2) is 0 Å². The molecule has 19 heavy (non-hydrogen) atoms. The molecule has 3 rings (SSSR count). The van der Waals surface area contributed by atoms with Crippen LogP contribution >= 0.6 is 0 Å². The van der Waals surface area contributed by atoms with Gasteiger partial charge in [-0.15, -0.1) is 0 Å². The van der Waals surface area contributed by atoms with Crippen LogP contribution in [0.3, 0.4) is 0 Å². The van der Waals surface area contributed by atoms with Crippen molar-refractivity contribution < 1.29 is 9.59 Å². The van der Waals surface area contributed by atoms with Crippen LogP contribution < -0.4 is 5.32 Å². The number of amides is 2. The maximum atomic E-state index is 12.4. The molecule has 0 radical (unpaired) electrons. The molecule has 0 saturated carbocycles. The maximum Gasteiger partial charge on any atom is 0.261 e. The number of piperidine rings is 1. The largest absolute Gasteiger partial charge is 0.317 e. The van der Waals surface area contributed by atoms with E-state index in [0.717, 1.165) is 25.9 Å². The summed E-state index contributed by atoms with van der Waals surface area (Å²) in [6.07, 6.45) is 2.04. The number of rotatable bonds is 2. The van der Waals surface area contributed by atoms with E-state index in [9.17, 15) is 9.59 Å². The summed E-state index contributed by atoms with van der Waals surface area (Å²) in [4.78, 5) is 26.2. The zero-order chi connectivity index (χ0) is 13.4. The van der Waals surface area contributed by atoms with Crippen LogP contribution in [0.2, 0.25) is 0 Å². The van der Waals surface area contributed by atoms with Gasteiger partial charge >= 0.3 is 0 Å². The SMILES string of the molecule is CC(C1CCNCC1)N1C(=O)c2ccccc2C1=O. The number of benzene rings is 1. The number of nitrogens with zero attached hydrogens (tertiary/aromatic N) is 1. The Morgan fingerprint density at radius 3 is 2.16 bits per heavy atom. The second-order valence-electron chi connectivity index (χ2n) is 5.35. The van der Waals surface area contributed by atoms with Crippen molar-refractivity contribution in [1.29, 1.82) is 0 Å². The Hall–Kier alpha value is -1.68. The fourth-order valence-electron chi connectivity index (χ4n) is 3.12. The van der Waals surface area contributed by atoms with Crippen molar-refractivity contribution in [3.63, 3.8) is 0 Å². The third kappa shape index (κ3) is 1.96. The molecular weight excluding hydrogens is 240 g/mol. The number of hydrogen-bond donors (Lipinski definition) is 1. The number of carbonyl (C=O) groups is 2. The van der Waals surface area contributed by atoms with E-state index >= 15 is 0 Å². The average molecular weight is 258 g/mol. The van der Waals surface area contributed by atoms with Gasteiger partial charge in [-0.25, -0.2) is 0 Å². The topological polar surface area (TPSA) is 49.4 Å². The highest BCUT2D eigenvalue weighted by molar-refractivity contribution is 6.21. The molecule has 0 spiro atoms. The summed E-state index contributed by atoms with van der Waals surface area (Å²) in [7, 11) is 0. The number of carbonyl (C=O) groups excluding carboxylic acids is 2. The molecule has 100 valence electrons. The number of fused-ring (bicyclic) bond motifs is 1. The average Bonchev–Trinajstić information content (AvgIpc) is 2.72. The molecule has 1 N–H and O–H groups in total. The van der Waals surface area contributed by atoms with E-state index in [1.165, 1.54) is 4.90 Å². The zero-order valence-corrected chi connectivity index (χ0v) is 11.1. The molecule has 2 amide bonds. The Morgan fingerprint density at radius 2 is 1.63 bits per heavy atom. The van der Waals surface area contributed by atoms with E-state index in [0.29, 0.717) is 17.0 Å². The molecule has 4 heteroatoms. The van der Waals surface area contributed by atoms with Crippen LogP contribution in [0.25, 0.3) is 0 Å². The Morgan fingerprint density at radius 1 is 1.11 bits per heavy atom. The van der Waals surface area contributed by atoms with Gasteiger partial charge in [-0.05, 0) is 50.9 Å². The van der Waals surface area contributed by atoms with Crippen LogP contribution in [-0.4, -0.2) is 35.8 Å². The Balaban J connectivity index is 1.87. The quantitative estimate of drug-likeness (QED) is 0.821. The summed E-state index contributed by atoms with van der Waals surface area (Å²) in [6, 6.07) is 7.08. The van der Waals surface area contributed by atoms with Gasteiger partial charge in [0.05, 0.1) is 11.1 Å². The molecule has 4 nitrogen and oxygen atoms in total. The van der Waals surface area contributed by atoms with E-state index in [4.69, 9.17) is 0 Å². The van der Waals surface area contributed by atoms with Crippen LogP contribution in [-0.2, 0) is 0 Å². The van der Waals surface area contributed by atoms with Crippen LogP contribution in [0.1, 0.15) is 40.5 Å². The van der Waals surface area contributed by atoms with E-state index in [-0.39, 0.29) is 17.9 Å². The highest BCUT2D eigenvalue weighted by Gasteiger charge is 2.40. The van der Waals surface area contributed by atoms with Crippen LogP contribution in [0.4, 0.5) is 0 Å². The molecule has 0 aromatic heterocycles. The first-order valence-electron chi connectivity index (χ1n) is 6.88. The second kappa shape index (κ2) is 4.78. The second-order valence-corrected chi connectivity index (χ2v) is 5.35. The van der Waals surface area contributed by atoms with Gasteiger partial charge < -0.3 is 5.32 Å². The van der Waals surface area contributed by atoms with Gasteiger partial charge in [0.25, 0.3) is 11.8 Å². The minimum Gasteiger partial charge on any atom is -0.317 e. The van der Waals surface area contributed by atoms with E-state index in [2.05, 4.69) is 5.32 Å². The summed E-state index contributed by atoms with van der Waals surface area (Å²) in [5, 5.41) is 3.31. The lowest BCUT2D eigenvalue weighted by molar-refractivity contribution is 0.0525. The molecular formula is C15H18N2O2. The number of imide groups is 1. The predicted molar refractivity (Wildman–Crippen MR) is 72.0 cm³/mol.